The molecule has 1 amide bonds. The Kier molecular flexibility index (Phi) is 5.88. The van der Waals surface area contributed by atoms with E-state index in [9.17, 15) is 9.18 Å². The van der Waals surface area contributed by atoms with Crippen LogP contribution in [0.4, 0.5) is 4.39 Å². The third-order valence-electron chi connectivity index (χ3n) is 3.73. The van der Waals surface area contributed by atoms with E-state index in [0.717, 1.165) is 12.0 Å². The zero-order valence-electron chi connectivity index (χ0n) is 13.1. The van der Waals surface area contributed by atoms with Gasteiger partial charge in [0, 0.05) is 25.2 Å². The van der Waals surface area contributed by atoms with Crippen LogP contribution in [-0.4, -0.2) is 43.7 Å². The highest BCUT2D eigenvalue weighted by Gasteiger charge is 2.29. The lowest BCUT2D eigenvalue weighted by molar-refractivity contribution is -0.132. The van der Waals surface area contributed by atoms with Crippen LogP contribution >= 0.6 is 0 Å². The highest BCUT2D eigenvalue weighted by atomic mass is 19.1. The molecule has 3 N–H and O–H groups in total. The third kappa shape index (κ3) is 4.50. The van der Waals surface area contributed by atoms with Gasteiger partial charge in [-0.25, -0.2) is 4.39 Å². The number of nitrogens with zero attached hydrogens (tertiary/aromatic N) is 1. The summed E-state index contributed by atoms with van der Waals surface area (Å²) in [5.74, 6) is -0.358. The molecule has 5 nitrogen and oxygen atoms in total. The van der Waals surface area contributed by atoms with Crippen molar-refractivity contribution in [3.8, 4) is 0 Å². The van der Waals surface area contributed by atoms with Gasteiger partial charge in [0.2, 0.25) is 5.91 Å². The van der Waals surface area contributed by atoms with Crippen LogP contribution in [0.15, 0.2) is 18.2 Å². The van der Waals surface area contributed by atoms with Crippen LogP contribution in [0.3, 0.4) is 0 Å². The van der Waals surface area contributed by atoms with Crippen LogP contribution in [0.1, 0.15) is 24.0 Å². The first kappa shape index (κ1) is 16.9. The molecule has 1 aliphatic rings. The van der Waals surface area contributed by atoms with Gasteiger partial charge >= 0.3 is 0 Å². The van der Waals surface area contributed by atoms with Crippen LogP contribution in [0.5, 0.6) is 0 Å². The first-order valence-corrected chi connectivity index (χ1v) is 7.55. The van der Waals surface area contributed by atoms with Crippen molar-refractivity contribution in [3.05, 3.63) is 35.1 Å². The molecule has 0 spiro atoms. The number of carbonyl (C=O) groups excluding carboxylic acids is 1. The van der Waals surface area contributed by atoms with Crippen molar-refractivity contribution in [2.24, 2.45) is 5.73 Å². The molecule has 0 bridgehead atoms. The summed E-state index contributed by atoms with van der Waals surface area (Å²) < 4.78 is 19.3. The maximum atomic E-state index is 13.7. The van der Waals surface area contributed by atoms with Crippen LogP contribution in [0.25, 0.3) is 0 Å². The van der Waals surface area contributed by atoms with Crippen LogP contribution in [-0.2, 0) is 22.6 Å². The van der Waals surface area contributed by atoms with Gasteiger partial charge in [-0.2, -0.15) is 0 Å². The lowest BCUT2D eigenvalue weighted by atomic mass is 10.1. The molecule has 0 aromatic heterocycles. The smallest absolute Gasteiger partial charge is 0.249 e. The second-order valence-corrected chi connectivity index (χ2v) is 5.94. The van der Waals surface area contributed by atoms with Crippen LogP contribution < -0.4 is 11.1 Å². The number of carbonyl (C=O) groups is 1. The molecule has 2 atom stereocenters. The lowest BCUT2D eigenvalue weighted by Crippen LogP contribution is -2.35. The van der Waals surface area contributed by atoms with Crippen LogP contribution in [0, 0.1) is 5.82 Å². The second-order valence-electron chi connectivity index (χ2n) is 5.94. The van der Waals surface area contributed by atoms with E-state index < -0.39 is 6.10 Å². The molecule has 1 aliphatic heterocycles. The van der Waals surface area contributed by atoms with Gasteiger partial charge in [-0.05, 0) is 44.6 Å². The van der Waals surface area contributed by atoms with Gasteiger partial charge in [0.1, 0.15) is 11.9 Å². The minimum absolute atomic E-state index is 0.0201. The first-order valence-electron chi connectivity index (χ1n) is 7.55. The van der Waals surface area contributed by atoms with E-state index in [4.69, 9.17) is 10.5 Å². The molecule has 122 valence electrons. The van der Waals surface area contributed by atoms with E-state index in [1.165, 1.54) is 6.07 Å². The number of halogens is 1. The van der Waals surface area contributed by atoms with Gasteiger partial charge in [0.05, 0.1) is 6.10 Å². The summed E-state index contributed by atoms with van der Waals surface area (Å²) in [4.78, 5) is 14.0. The predicted octanol–water partition coefficient (Wildman–Crippen LogP) is 1.01. The summed E-state index contributed by atoms with van der Waals surface area (Å²) in [6, 6.07) is 4.91. The van der Waals surface area contributed by atoms with Crippen molar-refractivity contribution in [3.63, 3.8) is 0 Å². The van der Waals surface area contributed by atoms with Crippen molar-refractivity contribution in [1.82, 2.24) is 10.2 Å². The summed E-state index contributed by atoms with van der Waals surface area (Å²) in [5.41, 5.74) is 7.03. The molecule has 2 rings (SSSR count). The standard InChI is InChI=1S/C16H24FN3O2/c1-20(2)10-12-7-11(3-5-14(12)17)9-19-16(21)15-6-4-13(8-18)22-15/h3,5,7,13,15H,4,6,8-10,18H2,1-2H3,(H,19,21)/t13-,15+/m1/s1. The topological polar surface area (TPSA) is 67.6 Å². The first-order chi connectivity index (χ1) is 10.5. The van der Waals surface area contributed by atoms with Gasteiger partial charge in [0.25, 0.3) is 0 Å². The zero-order valence-corrected chi connectivity index (χ0v) is 13.1. The molecular formula is C16H24FN3O2. The van der Waals surface area contributed by atoms with Gasteiger partial charge < -0.3 is 20.7 Å². The summed E-state index contributed by atoms with van der Waals surface area (Å²) in [5, 5.41) is 2.84. The van der Waals surface area contributed by atoms with E-state index in [1.54, 1.807) is 12.1 Å². The van der Waals surface area contributed by atoms with E-state index in [-0.39, 0.29) is 17.8 Å². The molecule has 6 heteroatoms. The molecule has 1 saturated heterocycles. The number of nitrogens with two attached hydrogens (primary N) is 1. The number of nitrogens with one attached hydrogen (secondary N) is 1. The predicted molar refractivity (Wildman–Crippen MR) is 82.6 cm³/mol. The maximum absolute atomic E-state index is 13.7. The summed E-state index contributed by atoms with van der Waals surface area (Å²) in [6.45, 7) is 1.33. The van der Waals surface area contributed by atoms with E-state index >= 15 is 0 Å². The summed E-state index contributed by atoms with van der Waals surface area (Å²) in [7, 11) is 3.78. The minimum Gasteiger partial charge on any atom is -0.364 e. The zero-order chi connectivity index (χ0) is 16.1. The molecule has 22 heavy (non-hydrogen) atoms. The number of rotatable bonds is 6. The van der Waals surface area contributed by atoms with Crippen molar-refractivity contribution in [2.45, 2.75) is 38.1 Å². The summed E-state index contributed by atoms with van der Waals surface area (Å²) in [6.07, 6.45) is 1.07. The van der Waals surface area contributed by atoms with Crippen molar-refractivity contribution >= 4 is 5.91 Å². The average Bonchev–Trinajstić information content (AvgIpc) is 2.96. The van der Waals surface area contributed by atoms with Crippen molar-refractivity contribution in [1.29, 1.82) is 0 Å². The Morgan fingerprint density at radius 1 is 1.45 bits per heavy atom. The number of benzene rings is 1. The van der Waals surface area contributed by atoms with E-state index in [2.05, 4.69) is 5.32 Å². The molecule has 0 radical (unpaired) electrons. The fourth-order valence-corrected chi connectivity index (χ4v) is 2.57. The fourth-order valence-electron chi connectivity index (χ4n) is 2.57. The van der Waals surface area contributed by atoms with E-state index in [1.807, 2.05) is 19.0 Å². The van der Waals surface area contributed by atoms with Gasteiger partial charge in [-0.3, -0.25) is 4.79 Å². The molecule has 1 fully saturated rings. The molecular weight excluding hydrogens is 285 g/mol. The van der Waals surface area contributed by atoms with Crippen molar-refractivity contribution in [2.75, 3.05) is 20.6 Å². The monoisotopic (exact) mass is 309 g/mol. The highest BCUT2D eigenvalue weighted by Crippen LogP contribution is 2.19. The second kappa shape index (κ2) is 7.67. The molecule has 1 heterocycles. The van der Waals surface area contributed by atoms with Crippen molar-refractivity contribution < 1.29 is 13.9 Å². The molecule has 1 aromatic rings. The van der Waals surface area contributed by atoms with Gasteiger partial charge in [0.15, 0.2) is 0 Å². The Morgan fingerprint density at radius 3 is 2.86 bits per heavy atom. The third-order valence-corrected chi connectivity index (χ3v) is 3.73. The molecule has 0 aliphatic carbocycles. The molecule has 1 aromatic carbocycles. The Labute approximate surface area is 130 Å². The Hall–Kier alpha value is -1.50. The van der Waals surface area contributed by atoms with E-state index in [0.29, 0.717) is 31.6 Å². The summed E-state index contributed by atoms with van der Waals surface area (Å²) >= 11 is 0. The average molecular weight is 309 g/mol. The Balaban J connectivity index is 1.90. The largest absolute Gasteiger partial charge is 0.364 e. The quantitative estimate of drug-likeness (QED) is 0.823. The fraction of sp³-hybridized carbons (Fsp3) is 0.562. The maximum Gasteiger partial charge on any atom is 0.249 e. The lowest BCUT2D eigenvalue weighted by Gasteiger charge is -2.14. The van der Waals surface area contributed by atoms with Gasteiger partial charge in [-0.1, -0.05) is 6.07 Å². The minimum atomic E-state index is -0.421. The number of hydrogen-bond donors (Lipinski definition) is 2. The van der Waals surface area contributed by atoms with Crippen LogP contribution in [0.2, 0.25) is 0 Å². The number of amides is 1. The highest BCUT2D eigenvalue weighted by molar-refractivity contribution is 5.81. The molecule has 0 unspecified atom stereocenters. The van der Waals surface area contributed by atoms with Gasteiger partial charge in [-0.15, -0.1) is 0 Å². The molecule has 0 saturated carbocycles. The number of hydrogen-bond acceptors (Lipinski definition) is 4. The Morgan fingerprint density at radius 2 is 2.23 bits per heavy atom. The number of ether oxygens (including phenoxy) is 1. The Bertz CT molecular complexity index is 522. The normalized spacial score (nSPS) is 21.3. The SMILES string of the molecule is CN(C)Cc1cc(CNC(=O)[C@@H]2CC[C@H](CN)O2)ccc1F.